The summed E-state index contributed by atoms with van der Waals surface area (Å²) in [5.41, 5.74) is 2.25. The van der Waals surface area contributed by atoms with Crippen molar-refractivity contribution in [3.8, 4) is 0 Å². The minimum atomic E-state index is -0.266. The Morgan fingerprint density at radius 3 is 2.84 bits per heavy atom. The van der Waals surface area contributed by atoms with Gasteiger partial charge >= 0.3 is 0 Å². The average Bonchev–Trinajstić information content (AvgIpc) is 2.38. The smallest absolute Gasteiger partial charge is 0.274 e. The molecule has 0 fully saturated rings. The van der Waals surface area contributed by atoms with Gasteiger partial charge in [-0.2, -0.15) is 0 Å². The van der Waals surface area contributed by atoms with E-state index in [9.17, 15) is 10.1 Å². The van der Waals surface area contributed by atoms with Crippen LogP contribution in [0.4, 0.5) is 5.69 Å². The maximum Gasteiger partial charge on any atom is 0.274 e. The van der Waals surface area contributed by atoms with Gasteiger partial charge in [-0.1, -0.05) is 36.2 Å². The van der Waals surface area contributed by atoms with E-state index < -0.39 is 0 Å². The van der Waals surface area contributed by atoms with Crippen molar-refractivity contribution in [2.45, 2.75) is 33.2 Å². The Kier molecular flexibility index (Phi) is 4.58. The molecule has 0 radical (unpaired) electrons. The van der Waals surface area contributed by atoms with Gasteiger partial charge in [0.2, 0.25) is 0 Å². The molecule has 0 amide bonds. The van der Waals surface area contributed by atoms with Gasteiger partial charge < -0.3 is 0 Å². The van der Waals surface area contributed by atoms with Crippen molar-refractivity contribution < 1.29 is 4.92 Å². The molecule has 0 aromatic heterocycles. The van der Waals surface area contributed by atoms with Crippen LogP contribution in [0.1, 0.15) is 31.4 Å². The van der Waals surface area contributed by atoms with Gasteiger partial charge in [0.05, 0.1) is 4.92 Å². The van der Waals surface area contributed by atoms with Crippen molar-refractivity contribution in [1.82, 2.24) is 4.90 Å². The Labute approximate surface area is 122 Å². The molecule has 1 aliphatic heterocycles. The third-order valence-corrected chi connectivity index (χ3v) is 4.62. The Morgan fingerprint density at radius 1 is 1.47 bits per heavy atom. The molecule has 0 spiro atoms. The number of nitro groups is 1. The predicted octanol–water partition coefficient (Wildman–Crippen LogP) is 3.76. The van der Waals surface area contributed by atoms with Gasteiger partial charge in [0.25, 0.3) is 5.69 Å². The molecule has 0 bridgehead atoms. The molecular weight excluding hydrogens is 308 g/mol. The van der Waals surface area contributed by atoms with Crippen LogP contribution in [-0.4, -0.2) is 22.9 Å². The van der Waals surface area contributed by atoms with Gasteiger partial charge in [-0.15, -0.1) is 0 Å². The van der Waals surface area contributed by atoms with E-state index in [0.717, 1.165) is 41.5 Å². The van der Waals surface area contributed by atoms with E-state index in [1.165, 1.54) is 0 Å². The van der Waals surface area contributed by atoms with Crippen LogP contribution in [0.5, 0.6) is 0 Å². The number of nitro benzene ring substituents is 1. The SMILES string of the molecule is CCC(C)CN1CCc2c(Br)ccc([N+](=O)[O-])c2C1. The fraction of sp³-hybridized carbons (Fsp3) is 0.571. The molecule has 1 aromatic rings. The van der Waals surface area contributed by atoms with E-state index in [0.29, 0.717) is 12.5 Å². The summed E-state index contributed by atoms with van der Waals surface area (Å²) in [6.45, 7) is 7.10. The maximum absolute atomic E-state index is 11.1. The van der Waals surface area contributed by atoms with Gasteiger partial charge in [0, 0.05) is 35.7 Å². The van der Waals surface area contributed by atoms with Crippen molar-refractivity contribution in [2.24, 2.45) is 5.92 Å². The number of halogens is 1. The zero-order valence-electron chi connectivity index (χ0n) is 11.4. The highest BCUT2D eigenvalue weighted by molar-refractivity contribution is 9.10. The predicted molar refractivity (Wildman–Crippen MR) is 79.2 cm³/mol. The summed E-state index contributed by atoms with van der Waals surface area (Å²) in [6, 6.07) is 3.40. The lowest BCUT2D eigenvalue weighted by molar-refractivity contribution is -0.385. The normalized spacial score (nSPS) is 17.0. The van der Waals surface area contributed by atoms with Crippen LogP contribution >= 0.6 is 15.9 Å². The third-order valence-electron chi connectivity index (χ3n) is 3.87. The Balaban J connectivity index is 2.27. The molecular formula is C14H19BrN2O2. The number of benzene rings is 1. The molecule has 1 unspecified atom stereocenters. The van der Waals surface area contributed by atoms with E-state index in [-0.39, 0.29) is 10.6 Å². The molecule has 1 aromatic carbocycles. The van der Waals surface area contributed by atoms with Crippen LogP contribution in [-0.2, 0) is 13.0 Å². The summed E-state index contributed by atoms with van der Waals surface area (Å²) in [5.74, 6) is 0.632. The first-order chi connectivity index (χ1) is 9.02. The second kappa shape index (κ2) is 6.01. The summed E-state index contributed by atoms with van der Waals surface area (Å²) in [7, 11) is 0. The lowest BCUT2D eigenvalue weighted by Crippen LogP contribution is -2.34. The Morgan fingerprint density at radius 2 is 2.21 bits per heavy atom. The molecule has 4 nitrogen and oxygen atoms in total. The first kappa shape index (κ1) is 14.5. The lowest BCUT2D eigenvalue weighted by Gasteiger charge is -2.30. The van der Waals surface area contributed by atoms with Crippen molar-refractivity contribution in [3.05, 3.63) is 37.8 Å². The number of nitrogens with zero attached hydrogens (tertiary/aromatic N) is 2. The zero-order chi connectivity index (χ0) is 14.0. The fourth-order valence-electron chi connectivity index (χ4n) is 2.57. The second-order valence-corrected chi connectivity index (χ2v) is 6.13. The second-order valence-electron chi connectivity index (χ2n) is 5.28. The molecule has 5 heteroatoms. The standard InChI is InChI=1S/C14H19BrN2O2/c1-3-10(2)8-16-7-6-11-12(9-16)14(17(18)19)5-4-13(11)15/h4-5,10H,3,6-9H2,1-2H3. The molecule has 2 rings (SSSR count). The summed E-state index contributed by atoms with van der Waals surface area (Å²) < 4.78 is 0.997. The van der Waals surface area contributed by atoms with E-state index in [1.54, 1.807) is 12.1 Å². The minimum Gasteiger partial charge on any atom is -0.298 e. The van der Waals surface area contributed by atoms with Crippen LogP contribution < -0.4 is 0 Å². The monoisotopic (exact) mass is 326 g/mol. The Hall–Kier alpha value is -0.940. The molecule has 19 heavy (non-hydrogen) atoms. The quantitative estimate of drug-likeness (QED) is 0.625. The van der Waals surface area contributed by atoms with Gasteiger partial charge in [0.1, 0.15) is 0 Å². The number of fused-ring (bicyclic) bond motifs is 1. The van der Waals surface area contributed by atoms with Crippen molar-refractivity contribution >= 4 is 21.6 Å². The maximum atomic E-state index is 11.1. The van der Waals surface area contributed by atoms with Gasteiger partial charge in [-0.05, 0) is 24.0 Å². The van der Waals surface area contributed by atoms with E-state index >= 15 is 0 Å². The van der Waals surface area contributed by atoms with Crippen LogP contribution in [0.25, 0.3) is 0 Å². The highest BCUT2D eigenvalue weighted by Crippen LogP contribution is 2.33. The van der Waals surface area contributed by atoms with E-state index in [2.05, 4.69) is 34.7 Å². The van der Waals surface area contributed by atoms with Crippen LogP contribution in [0, 0.1) is 16.0 Å². The number of hydrogen-bond acceptors (Lipinski definition) is 3. The Bertz CT molecular complexity index is 491. The van der Waals surface area contributed by atoms with Gasteiger partial charge in [-0.3, -0.25) is 15.0 Å². The minimum absolute atomic E-state index is 0.257. The van der Waals surface area contributed by atoms with E-state index in [1.807, 2.05) is 0 Å². The largest absolute Gasteiger partial charge is 0.298 e. The lowest BCUT2D eigenvalue weighted by atomic mass is 9.97. The third kappa shape index (κ3) is 3.15. The van der Waals surface area contributed by atoms with Crippen molar-refractivity contribution in [1.29, 1.82) is 0 Å². The first-order valence-corrected chi connectivity index (χ1v) is 7.49. The summed E-state index contributed by atoms with van der Waals surface area (Å²) in [5, 5.41) is 11.1. The van der Waals surface area contributed by atoms with Crippen molar-refractivity contribution in [3.63, 3.8) is 0 Å². The highest BCUT2D eigenvalue weighted by Gasteiger charge is 2.26. The summed E-state index contributed by atoms with van der Waals surface area (Å²) in [6.07, 6.45) is 2.03. The number of hydrogen-bond donors (Lipinski definition) is 0. The summed E-state index contributed by atoms with van der Waals surface area (Å²) in [4.78, 5) is 13.2. The zero-order valence-corrected chi connectivity index (χ0v) is 12.9. The first-order valence-electron chi connectivity index (χ1n) is 6.70. The van der Waals surface area contributed by atoms with Crippen molar-refractivity contribution in [2.75, 3.05) is 13.1 Å². The molecule has 104 valence electrons. The topological polar surface area (TPSA) is 46.4 Å². The fourth-order valence-corrected chi connectivity index (χ4v) is 3.14. The molecule has 0 saturated carbocycles. The molecule has 0 N–H and O–H groups in total. The molecule has 1 atom stereocenters. The van der Waals surface area contributed by atoms with Crippen LogP contribution in [0.15, 0.2) is 16.6 Å². The molecule has 0 saturated heterocycles. The molecule has 1 heterocycles. The molecule has 1 aliphatic rings. The van der Waals surface area contributed by atoms with E-state index in [4.69, 9.17) is 0 Å². The van der Waals surface area contributed by atoms with Crippen LogP contribution in [0.3, 0.4) is 0 Å². The average molecular weight is 327 g/mol. The number of rotatable bonds is 4. The summed E-state index contributed by atoms with van der Waals surface area (Å²) >= 11 is 3.51. The van der Waals surface area contributed by atoms with Gasteiger partial charge in [0.15, 0.2) is 0 Å². The highest BCUT2D eigenvalue weighted by atomic mass is 79.9. The van der Waals surface area contributed by atoms with Gasteiger partial charge in [-0.25, -0.2) is 0 Å². The molecule has 0 aliphatic carbocycles. The van der Waals surface area contributed by atoms with Crippen LogP contribution in [0.2, 0.25) is 0 Å².